The van der Waals surface area contributed by atoms with Gasteiger partial charge in [0, 0.05) is 44.2 Å². The molecule has 7 rings (SSSR count). The highest BCUT2D eigenvalue weighted by atomic mass is 19.1. The number of piperidine rings is 1. The highest BCUT2D eigenvalue weighted by Crippen LogP contribution is 2.47. The summed E-state index contributed by atoms with van der Waals surface area (Å²) in [7, 11) is 0. The molecule has 4 heterocycles. The average Bonchev–Trinajstić information content (AvgIpc) is 3.73. The Balaban J connectivity index is 1.18. The van der Waals surface area contributed by atoms with Gasteiger partial charge >= 0.3 is 0 Å². The van der Waals surface area contributed by atoms with Crippen molar-refractivity contribution in [1.29, 1.82) is 0 Å². The molecule has 172 valence electrons. The molecule has 3 aliphatic carbocycles. The van der Waals surface area contributed by atoms with E-state index in [9.17, 15) is 0 Å². The van der Waals surface area contributed by atoms with Crippen molar-refractivity contribution >= 4 is 23.0 Å². The lowest BCUT2D eigenvalue weighted by atomic mass is 9.99. The van der Waals surface area contributed by atoms with Crippen LogP contribution in [0.1, 0.15) is 55.7 Å². The van der Waals surface area contributed by atoms with Gasteiger partial charge in [0.25, 0.3) is 0 Å². The van der Waals surface area contributed by atoms with E-state index in [-0.39, 0.29) is 5.82 Å². The molecule has 0 radical (unpaired) electrons. The number of rotatable bonds is 7. The van der Waals surface area contributed by atoms with Gasteiger partial charge in [-0.15, -0.1) is 0 Å². The fourth-order valence-corrected chi connectivity index (χ4v) is 5.51. The number of nitrogens with one attached hydrogen (secondary N) is 1. The Hall–Kier alpha value is -2.54. The zero-order chi connectivity index (χ0) is 21.9. The number of fused-ring (bicyclic) bond motifs is 1. The van der Waals surface area contributed by atoms with Crippen molar-refractivity contribution in [3.05, 3.63) is 41.6 Å². The van der Waals surface area contributed by atoms with E-state index in [1.807, 2.05) is 12.3 Å². The van der Waals surface area contributed by atoms with Gasteiger partial charge in [0.15, 0.2) is 11.6 Å². The van der Waals surface area contributed by atoms with Crippen LogP contribution in [0.4, 0.5) is 21.8 Å². The smallest absolute Gasteiger partial charge is 0.173 e. The third-order valence-electron chi connectivity index (χ3n) is 7.99. The van der Waals surface area contributed by atoms with Crippen molar-refractivity contribution in [1.82, 2.24) is 19.9 Å². The Kier molecular flexibility index (Phi) is 4.68. The molecule has 4 fully saturated rings. The first-order valence-corrected chi connectivity index (χ1v) is 12.7. The predicted molar refractivity (Wildman–Crippen MR) is 127 cm³/mol. The Morgan fingerprint density at radius 2 is 1.88 bits per heavy atom. The van der Waals surface area contributed by atoms with Crippen LogP contribution in [0.5, 0.6) is 0 Å². The molecule has 0 spiro atoms. The number of anilines is 3. The van der Waals surface area contributed by atoms with E-state index in [2.05, 4.69) is 31.2 Å². The first-order valence-electron chi connectivity index (χ1n) is 12.7. The summed E-state index contributed by atoms with van der Waals surface area (Å²) in [6, 6.07) is 1.87. The van der Waals surface area contributed by atoms with E-state index in [0.29, 0.717) is 28.9 Å². The van der Waals surface area contributed by atoms with E-state index < -0.39 is 0 Å². The molecule has 2 aromatic rings. The molecular weight excluding hydrogens is 415 g/mol. The monoisotopic (exact) mass is 446 g/mol. The van der Waals surface area contributed by atoms with Gasteiger partial charge in [-0.3, -0.25) is 9.88 Å². The molecule has 2 atom stereocenters. The molecule has 7 heteroatoms. The van der Waals surface area contributed by atoms with Crippen LogP contribution < -0.4 is 10.2 Å². The Labute approximate surface area is 194 Å². The number of nitrogens with zero attached hydrogens (tertiary/aromatic N) is 5. The average molecular weight is 447 g/mol. The van der Waals surface area contributed by atoms with Crippen LogP contribution in [-0.4, -0.2) is 52.6 Å². The molecule has 2 unspecified atom stereocenters. The van der Waals surface area contributed by atoms with Gasteiger partial charge in [-0.05, 0) is 67.9 Å². The molecular formula is C26H31FN6. The molecule has 1 saturated heterocycles. The molecule has 6 nitrogen and oxygen atoms in total. The fourth-order valence-electron chi connectivity index (χ4n) is 5.51. The van der Waals surface area contributed by atoms with Crippen molar-refractivity contribution in [3.63, 3.8) is 0 Å². The number of hydrogen-bond donors (Lipinski definition) is 1. The molecule has 2 aromatic heterocycles. The van der Waals surface area contributed by atoms with E-state index in [0.717, 1.165) is 61.6 Å². The summed E-state index contributed by atoms with van der Waals surface area (Å²) in [6.07, 6.45) is 13.2. The number of hydrogen-bond acceptors (Lipinski definition) is 6. The van der Waals surface area contributed by atoms with E-state index in [4.69, 9.17) is 4.98 Å². The van der Waals surface area contributed by atoms with Crippen LogP contribution in [0.15, 0.2) is 24.5 Å². The number of aromatic nitrogens is 3. The molecule has 1 N–H and O–H groups in total. The van der Waals surface area contributed by atoms with Crippen LogP contribution in [0.25, 0.3) is 5.57 Å². The zero-order valence-corrected chi connectivity index (χ0v) is 19.0. The number of pyridine rings is 1. The summed E-state index contributed by atoms with van der Waals surface area (Å²) in [4.78, 5) is 18.5. The first-order chi connectivity index (χ1) is 16.2. The summed E-state index contributed by atoms with van der Waals surface area (Å²) in [5, 5.41) is 3.31. The zero-order valence-electron chi connectivity index (χ0n) is 19.0. The third-order valence-corrected chi connectivity index (χ3v) is 7.99. The highest BCUT2D eigenvalue weighted by molar-refractivity contribution is 5.73. The number of halogens is 1. The van der Waals surface area contributed by atoms with Gasteiger partial charge < -0.3 is 10.2 Å². The van der Waals surface area contributed by atoms with Crippen LogP contribution in [0.2, 0.25) is 0 Å². The minimum atomic E-state index is -0.168. The topological polar surface area (TPSA) is 57.2 Å². The van der Waals surface area contributed by atoms with Crippen LogP contribution in [-0.2, 0) is 0 Å². The lowest BCUT2D eigenvalue weighted by molar-refractivity contribution is 0.289. The Morgan fingerprint density at radius 3 is 2.55 bits per heavy atom. The lowest BCUT2D eigenvalue weighted by Gasteiger charge is -2.28. The summed E-state index contributed by atoms with van der Waals surface area (Å²) in [5.41, 5.74) is 2.86. The molecule has 3 saturated carbocycles. The Morgan fingerprint density at radius 1 is 1.03 bits per heavy atom. The van der Waals surface area contributed by atoms with Gasteiger partial charge in [-0.1, -0.05) is 6.08 Å². The summed E-state index contributed by atoms with van der Waals surface area (Å²) in [5.74, 6) is 4.53. The fraction of sp³-hybridized carbons (Fsp3) is 0.577. The second kappa shape index (κ2) is 7.76. The van der Waals surface area contributed by atoms with Gasteiger partial charge in [0.05, 0.1) is 18.1 Å². The maximum atomic E-state index is 15.8. The van der Waals surface area contributed by atoms with Crippen LogP contribution >= 0.6 is 0 Å². The highest BCUT2D eigenvalue weighted by Gasteiger charge is 2.46. The summed E-state index contributed by atoms with van der Waals surface area (Å²) in [6.45, 7) is 4.94. The van der Waals surface area contributed by atoms with Crippen molar-refractivity contribution < 1.29 is 4.39 Å². The molecule has 0 amide bonds. The van der Waals surface area contributed by atoms with E-state index in [1.54, 1.807) is 6.20 Å². The molecule has 5 aliphatic rings. The van der Waals surface area contributed by atoms with Gasteiger partial charge in [-0.2, -0.15) is 0 Å². The van der Waals surface area contributed by atoms with Gasteiger partial charge in [-0.25, -0.2) is 14.4 Å². The third kappa shape index (κ3) is 4.12. The lowest BCUT2D eigenvalue weighted by Crippen LogP contribution is -2.30. The molecule has 2 aliphatic heterocycles. The van der Waals surface area contributed by atoms with E-state index >= 15 is 4.39 Å². The summed E-state index contributed by atoms with van der Waals surface area (Å²) >= 11 is 0. The van der Waals surface area contributed by atoms with E-state index in [1.165, 1.54) is 38.6 Å². The van der Waals surface area contributed by atoms with Crippen molar-refractivity contribution in [3.8, 4) is 0 Å². The van der Waals surface area contributed by atoms with Gasteiger partial charge in [0.2, 0.25) is 0 Å². The second-order valence-electron chi connectivity index (χ2n) is 10.8. The standard InChI is InChI=1S/C26H31FN6/c27-25-21(17-5-7-32(8-6-17)13-16-1-2-16)10-23(31-26(25)33-14-19-9-20(19)15-33)30-24-12-28-22(11-29-24)18-3-4-18/h5,10-12,16,18-20H,1-4,6-9,13-15H2,(H,29,30,31). The largest absolute Gasteiger partial charge is 0.354 e. The maximum absolute atomic E-state index is 15.8. The van der Waals surface area contributed by atoms with Crippen LogP contribution in [0, 0.1) is 23.6 Å². The van der Waals surface area contributed by atoms with Crippen molar-refractivity contribution in [2.45, 2.75) is 44.4 Å². The molecule has 0 bridgehead atoms. The minimum Gasteiger partial charge on any atom is -0.354 e. The Bertz CT molecular complexity index is 1080. The van der Waals surface area contributed by atoms with Crippen molar-refractivity contribution in [2.75, 3.05) is 42.9 Å². The minimum absolute atomic E-state index is 0.168. The van der Waals surface area contributed by atoms with Crippen LogP contribution in [0.3, 0.4) is 0 Å². The molecule has 0 aromatic carbocycles. The normalized spacial score (nSPS) is 26.8. The SMILES string of the molecule is Fc1c(C2=CCN(CC3CC3)CC2)cc(Nc2cnc(C3CC3)cn2)nc1N1CC2CC2C1. The maximum Gasteiger partial charge on any atom is 0.173 e. The second-order valence-corrected chi connectivity index (χ2v) is 10.8. The quantitative estimate of drug-likeness (QED) is 0.672. The summed E-state index contributed by atoms with van der Waals surface area (Å²) < 4.78 is 15.8. The van der Waals surface area contributed by atoms with Gasteiger partial charge in [0.1, 0.15) is 11.6 Å². The first kappa shape index (κ1) is 19.9. The van der Waals surface area contributed by atoms with Crippen molar-refractivity contribution in [2.24, 2.45) is 17.8 Å². The predicted octanol–water partition coefficient (Wildman–Crippen LogP) is 4.59. The molecule has 33 heavy (non-hydrogen) atoms.